The number of aliphatic hydroxyl groups is 5. The fourth-order valence-corrected chi connectivity index (χ4v) is 10.1. The molecule has 0 aromatic heterocycles. The largest absolute Gasteiger partial charge is 0.392 e. The zero-order valence-corrected chi connectivity index (χ0v) is 17.6. The lowest BCUT2D eigenvalue weighted by molar-refractivity contribution is -0.364. The van der Waals surface area contributed by atoms with Gasteiger partial charge in [0.05, 0.1) is 24.4 Å². The number of aliphatic hydroxyl groups excluding tert-OH is 2. The minimum atomic E-state index is -1.87. The van der Waals surface area contributed by atoms with Gasteiger partial charge in [-0.3, -0.25) is 4.90 Å². The van der Waals surface area contributed by atoms with Gasteiger partial charge in [-0.05, 0) is 43.6 Å². The molecule has 6 aliphatic rings. The predicted octanol–water partition coefficient (Wildman–Crippen LogP) is -0.520. The van der Waals surface area contributed by atoms with Crippen molar-refractivity contribution in [2.45, 2.75) is 87.1 Å². The molecule has 5 N–H and O–H groups in total. The van der Waals surface area contributed by atoms with Gasteiger partial charge in [0, 0.05) is 37.3 Å². The molecule has 6 rings (SSSR count). The van der Waals surface area contributed by atoms with Gasteiger partial charge in [-0.1, -0.05) is 13.8 Å². The third-order valence-corrected chi connectivity index (χ3v) is 10.9. The van der Waals surface area contributed by atoms with Crippen molar-refractivity contribution in [1.29, 1.82) is 0 Å². The summed E-state index contributed by atoms with van der Waals surface area (Å²) in [5.74, 6) is -0.766. The van der Waals surface area contributed by atoms with Gasteiger partial charge in [-0.25, -0.2) is 0 Å². The molecule has 1 spiro atoms. The van der Waals surface area contributed by atoms with E-state index >= 15 is 0 Å². The molecule has 5 aliphatic carbocycles. The van der Waals surface area contributed by atoms with E-state index in [9.17, 15) is 25.5 Å². The Kier molecular flexibility index (Phi) is 3.48. The number of nitrogens with zero attached hydrogens (tertiary/aromatic N) is 1. The second-order valence-electron chi connectivity index (χ2n) is 11.4. The number of ether oxygens (including phenoxy) is 1. The number of fused-ring (bicyclic) bond motifs is 2. The summed E-state index contributed by atoms with van der Waals surface area (Å²) in [6, 6.07) is -0.426. The Balaban J connectivity index is 1.67. The summed E-state index contributed by atoms with van der Waals surface area (Å²) in [6.07, 6.45) is 0.207. The van der Waals surface area contributed by atoms with Crippen molar-refractivity contribution in [2.75, 3.05) is 20.2 Å². The molecule has 7 nitrogen and oxygen atoms in total. The molecule has 1 aliphatic heterocycles. The molecule has 6 fully saturated rings. The van der Waals surface area contributed by atoms with Crippen LogP contribution in [0, 0.1) is 28.6 Å². The Morgan fingerprint density at radius 2 is 1.83 bits per heavy atom. The van der Waals surface area contributed by atoms with Crippen molar-refractivity contribution in [3.63, 3.8) is 0 Å². The highest BCUT2D eigenvalue weighted by atomic mass is 16.5. The Hall–Kier alpha value is -0.280. The second-order valence-corrected chi connectivity index (χ2v) is 11.4. The zero-order valence-electron chi connectivity index (χ0n) is 17.6. The molecule has 164 valence electrons. The lowest BCUT2D eigenvalue weighted by atomic mass is 9.41. The van der Waals surface area contributed by atoms with Gasteiger partial charge in [0.25, 0.3) is 0 Å². The van der Waals surface area contributed by atoms with Crippen LogP contribution in [0.15, 0.2) is 0 Å². The average Bonchev–Trinajstić information content (AvgIpc) is 3.04. The molecule has 0 aromatic carbocycles. The molecular weight excluding hydrogens is 374 g/mol. The molecule has 0 radical (unpaired) electrons. The maximum Gasteiger partial charge on any atom is 0.129 e. The normalized spacial score (nSPS) is 67.7. The summed E-state index contributed by atoms with van der Waals surface area (Å²) >= 11 is 0. The molecule has 5 saturated carbocycles. The van der Waals surface area contributed by atoms with Crippen molar-refractivity contribution in [1.82, 2.24) is 4.90 Å². The van der Waals surface area contributed by atoms with E-state index in [0.29, 0.717) is 25.8 Å². The van der Waals surface area contributed by atoms with E-state index in [4.69, 9.17) is 4.74 Å². The van der Waals surface area contributed by atoms with Crippen LogP contribution in [0.2, 0.25) is 0 Å². The smallest absolute Gasteiger partial charge is 0.129 e. The summed E-state index contributed by atoms with van der Waals surface area (Å²) in [6.45, 7) is 5.86. The first kappa shape index (κ1) is 19.4. The molecule has 29 heavy (non-hydrogen) atoms. The van der Waals surface area contributed by atoms with E-state index in [1.54, 1.807) is 7.11 Å². The highest BCUT2D eigenvalue weighted by molar-refractivity contribution is 5.42. The van der Waals surface area contributed by atoms with Crippen LogP contribution < -0.4 is 0 Å². The lowest BCUT2D eigenvalue weighted by Gasteiger charge is -2.71. The van der Waals surface area contributed by atoms with Crippen LogP contribution in [0.4, 0.5) is 0 Å². The first-order chi connectivity index (χ1) is 13.6. The van der Waals surface area contributed by atoms with Crippen molar-refractivity contribution >= 4 is 0 Å². The van der Waals surface area contributed by atoms with Gasteiger partial charge in [-0.15, -0.1) is 0 Å². The van der Waals surface area contributed by atoms with Crippen molar-refractivity contribution in [2.24, 2.45) is 28.6 Å². The zero-order chi connectivity index (χ0) is 20.8. The van der Waals surface area contributed by atoms with Gasteiger partial charge < -0.3 is 30.3 Å². The van der Waals surface area contributed by atoms with Gasteiger partial charge in [0.2, 0.25) is 0 Å². The third-order valence-electron chi connectivity index (χ3n) is 10.9. The molecule has 1 saturated heterocycles. The van der Waals surface area contributed by atoms with Crippen LogP contribution in [-0.4, -0.2) is 91.8 Å². The SMILES string of the molecule is CCN1C[C@]2(C)CC[C@H](O)[C@@]34[C@@H]2C[C@](O)([C@@H]13)[C@@]1(O)C[C@@H](OC)[C@H]2C[C@H]4[C@]1(O)[C@H]2O. The minimum Gasteiger partial charge on any atom is -0.392 e. The molecule has 1 heterocycles. The van der Waals surface area contributed by atoms with E-state index in [2.05, 4.69) is 18.7 Å². The number of likely N-dealkylation sites (N-methyl/N-ethyl adjacent to an activating group) is 1. The first-order valence-corrected chi connectivity index (χ1v) is 11.4. The minimum absolute atomic E-state index is 0.00662. The second kappa shape index (κ2) is 5.20. The van der Waals surface area contributed by atoms with Gasteiger partial charge in [0.1, 0.15) is 16.8 Å². The standard InChI is InChI=1S/C22H35NO6/c1-4-23-10-18(2)6-5-15(24)21-13-7-11-12(29-3)8-20(27,22(13,28)16(11)25)19(26,17(21)23)9-14(18)21/h11-17,24-28H,4-10H2,1-3H3/t11-,12-,13-,14-,15+,16+,17-,18+,19+,20+,21-,22+/m1/s1. The van der Waals surface area contributed by atoms with Gasteiger partial charge >= 0.3 is 0 Å². The van der Waals surface area contributed by atoms with Crippen molar-refractivity contribution in [3.8, 4) is 0 Å². The van der Waals surface area contributed by atoms with Crippen molar-refractivity contribution < 1.29 is 30.3 Å². The molecular formula is C22H35NO6. The van der Waals surface area contributed by atoms with Crippen LogP contribution in [-0.2, 0) is 4.74 Å². The highest BCUT2D eigenvalue weighted by Gasteiger charge is 2.91. The fourth-order valence-electron chi connectivity index (χ4n) is 10.1. The van der Waals surface area contributed by atoms with E-state index in [1.807, 2.05) is 0 Å². The summed E-state index contributed by atoms with van der Waals surface area (Å²) in [5.41, 5.74) is -6.12. The maximum atomic E-state index is 12.3. The number of piperidine rings is 1. The lowest BCUT2D eigenvalue weighted by Crippen LogP contribution is -2.87. The molecule has 12 atom stereocenters. The maximum absolute atomic E-state index is 12.3. The summed E-state index contributed by atoms with van der Waals surface area (Å²) in [7, 11) is 1.57. The van der Waals surface area contributed by atoms with Crippen LogP contribution in [0.5, 0.6) is 0 Å². The number of hydrogen-bond acceptors (Lipinski definition) is 7. The number of methoxy groups -OCH3 is 1. The van der Waals surface area contributed by atoms with E-state index < -0.39 is 52.5 Å². The number of likely N-dealkylation sites (tertiary alicyclic amines) is 1. The summed E-state index contributed by atoms with van der Waals surface area (Å²) in [5, 5.41) is 59.4. The van der Waals surface area contributed by atoms with E-state index in [1.165, 1.54) is 0 Å². The van der Waals surface area contributed by atoms with Gasteiger partial charge in [0.15, 0.2) is 0 Å². The first-order valence-electron chi connectivity index (χ1n) is 11.4. The van der Waals surface area contributed by atoms with E-state index in [-0.39, 0.29) is 23.7 Å². The van der Waals surface area contributed by atoms with Crippen molar-refractivity contribution in [3.05, 3.63) is 0 Å². The Labute approximate surface area is 171 Å². The average molecular weight is 410 g/mol. The van der Waals surface area contributed by atoms with Crippen LogP contribution >= 0.6 is 0 Å². The molecule has 7 bridgehead atoms. The van der Waals surface area contributed by atoms with E-state index in [0.717, 1.165) is 13.0 Å². The molecule has 0 amide bonds. The Morgan fingerprint density at radius 1 is 1.10 bits per heavy atom. The predicted molar refractivity (Wildman–Crippen MR) is 103 cm³/mol. The summed E-state index contributed by atoms with van der Waals surface area (Å²) in [4.78, 5) is 2.25. The molecule has 0 aromatic rings. The Bertz CT molecular complexity index is 766. The van der Waals surface area contributed by atoms with Crippen LogP contribution in [0.1, 0.15) is 46.0 Å². The molecule has 7 heteroatoms. The van der Waals surface area contributed by atoms with Crippen LogP contribution in [0.25, 0.3) is 0 Å². The number of rotatable bonds is 2. The molecule has 0 unspecified atom stereocenters. The number of hydrogen-bond donors (Lipinski definition) is 5. The monoisotopic (exact) mass is 409 g/mol. The highest BCUT2D eigenvalue weighted by Crippen LogP contribution is 2.80. The fraction of sp³-hybridized carbons (Fsp3) is 1.00. The topological polar surface area (TPSA) is 114 Å². The quantitative estimate of drug-likeness (QED) is 0.417. The Morgan fingerprint density at radius 3 is 2.48 bits per heavy atom. The third kappa shape index (κ3) is 1.61. The summed E-state index contributed by atoms with van der Waals surface area (Å²) < 4.78 is 5.66. The van der Waals surface area contributed by atoms with Gasteiger partial charge in [-0.2, -0.15) is 0 Å². The van der Waals surface area contributed by atoms with Crippen LogP contribution in [0.3, 0.4) is 0 Å².